The first kappa shape index (κ1) is 20.7. The number of hydrogen-bond donors (Lipinski definition) is 3. The molecule has 24 heavy (non-hydrogen) atoms. The number of aliphatic imine (C=N–C) groups is 1. The first-order chi connectivity index (χ1) is 10.9. The Morgan fingerprint density at radius 2 is 1.92 bits per heavy atom. The molecule has 1 aromatic carbocycles. The smallest absolute Gasteiger partial charge is 0.239 e. The first-order valence-electron chi connectivity index (χ1n) is 8.22. The van der Waals surface area contributed by atoms with Crippen LogP contribution in [0.25, 0.3) is 0 Å². The van der Waals surface area contributed by atoms with Crippen LogP contribution in [-0.4, -0.2) is 37.0 Å². The lowest BCUT2D eigenvalue weighted by Gasteiger charge is -2.27. The predicted molar refractivity (Wildman–Crippen MR) is 110 cm³/mol. The van der Waals surface area contributed by atoms with Crippen LogP contribution in [0.2, 0.25) is 0 Å². The summed E-state index contributed by atoms with van der Waals surface area (Å²) in [5.41, 5.74) is 2.62. The number of carbonyl (C=O) groups excluding carboxylic acids is 1. The van der Waals surface area contributed by atoms with Crippen molar-refractivity contribution >= 4 is 35.8 Å². The molecule has 0 spiro atoms. The van der Waals surface area contributed by atoms with Gasteiger partial charge in [0, 0.05) is 18.6 Å². The molecule has 0 bridgehead atoms. The number of halogens is 1. The minimum Gasteiger partial charge on any atom is -0.353 e. The number of hydrogen-bond acceptors (Lipinski definition) is 2. The monoisotopic (exact) mass is 444 g/mol. The Morgan fingerprint density at radius 1 is 1.25 bits per heavy atom. The Labute approximate surface area is 162 Å². The van der Waals surface area contributed by atoms with E-state index in [-0.39, 0.29) is 42.0 Å². The standard InChI is InChI=1S/C18H28N4O.HI/c1-18(2,3)22-16(23)12-20-17(19-4)21-15-10-9-13-7-5-6-8-14(13)11-15;/h5-8,15H,9-12H2,1-4H3,(H,22,23)(H2,19,20,21);1H. The Kier molecular flexibility index (Phi) is 7.99. The summed E-state index contributed by atoms with van der Waals surface area (Å²) in [5, 5.41) is 9.44. The SMILES string of the molecule is CN=C(NCC(=O)NC(C)(C)C)NC1CCc2ccccc2C1.I. The number of nitrogens with zero attached hydrogens (tertiary/aromatic N) is 1. The van der Waals surface area contributed by atoms with E-state index < -0.39 is 0 Å². The molecule has 0 aromatic heterocycles. The third-order valence-electron chi connectivity index (χ3n) is 3.84. The second-order valence-electron chi connectivity index (χ2n) is 7.08. The van der Waals surface area contributed by atoms with Gasteiger partial charge in [-0.1, -0.05) is 24.3 Å². The number of aryl methyl sites for hydroxylation is 1. The minimum absolute atomic E-state index is 0. The van der Waals surface area contributed by atoms with Crippen LogP contribution in [0.4, 0.5) is 0 Å². The van der Waals surface area contributed by atoms with Crippen molar-refractivity contribution in [1.82, 2.24) is 16.0 Å². The van der Waals surface area contributed by atoms with Gasteiger partial charge in [-0.05, 0) is 51.2 Å². The molecule has 1 aromatic rings. The number of rotatable bonds is 3. The van der Waals surface area contributed by atoms with E-state index in [9.17, 15) is 4.79 Å². The minimum atomic E-state index is -0.219. The summed E-state index contributed by atoms with van der Waals surface area (Å²) in [6, 6.07) is 8.93. The highest BCUT2D eigenvalue weighted by atomic mass is 127. The maximum atomic E-state index is 11.9. The van der Waals surface area contributed by atoms with Crippen LogP contribution < -0.4 is 16.0 Å². The van der Waals surface area contributed by atoms with Crippen molar-refractivity contribution in [1.29, 1.82) is 0 Å². The third-order valence-corrected chi connectivity index (χ3v) is 3.84. The second kappa shape index (κ2) is 9.25. The first-order valence-corrected chi connectivity index (χ1v) is 8.22. The lowest BCUT2D eigenvalue weighted by molar-refractivity contribution is -0.121. The highest BCUT2D eigenvalue weighted by molar-refractivity contribution is 14.0. The molecule has 134 valence electrons. The van der Waals surface area contributed by atoms with Gasteiger partial charge in [-0.3, -0.25) is 9.79 Å². The average molecular weight is 444 g/mol. The highest BCUT2D eigenvalue weighted by Crippen LogP contribution is 2.20. The van der Waals surface area contributed by atoms with Crippen molar-refractivity contribution in [3.63, 3.8) is 0 Å². The third kappa shape index (κ3) is 6.67. The van der Waals surface area contributed by atoms with Crippen LogP contribution in [0.5, 0.6) is 0 Å². The molecule has 5 nitrogen and oxygen atoms in total. The van der Waals surface area contributed by atoms with E-state index in [0.29, 0.717) is 12.0 Å². The molecule has 0 saturated heterocycles. The van der Waals surface area contributed by atoms with Crippen molar-refractivity contribution < 1.29 is 4.79 Å². The number of nitrogens with one attached hydrogen (secondary N) is 3. The molecule has 2 rings (SSSR count). The van der Waals surface area contributed by atoms with Gasteiger partial charge in [0.1, 0.15) is 0 Å². The average Bonchev–Trinajstić information content (AvgIpc) is 2.49. The van der Waals surface area contributed by atoms with Crippen molar-refractivity contribution in [3.05, 3.63) is 35.4 Å². The maximum absolute atomic E-state index is 11.9. The summed E-state index contributed by atoms with van der Waals surface area (Å²) in [5.74, 6) is 0.646. The summed E-state index contributed by atoms with van der Waals surface area (Å²) in [6.07, 6.45) is 3.15. The van der Waals surface area contributed by atoms with E-state index in [2.05, 4.69) is 45.2 Å². The molecule has 3 N–H and O–H groups in total. The van der Waals surface area contributed by atoms with E-state index in [0.717, 1.165) is 19.3 Å². The summed E-state index contributed by atoms with van der Waals surface area (Å²) in [7, 11) is 1.73. The van der Waals surface area contributed by atoms with Gasteiger partial charge in [0.2, 0.25) is 5.91 Å². The van der Waals surface area contributed by atoms with Crippen LogP contribution in [0.15, 0.2) is 29.3 Å². The summed E-state index contributed by atoms with van der Waals surface area (Å²) in [6.45, 7) is 6.13. The van der Waals surface area contributed by atoms with Crippen LogP contribution in [0, 0.1) is 0 Å². The van der Waals surface area contributed by atoms with Crippen molar-refractivity contribution in [2.45, 2.75) is 51.6 Å². The van der Waals surface area contributed by atoms with Crippen LogP contribution in [-0.2, 0) is 17.6 Å². The number of benzene rings is 1. The van der Waals surface area contributed by atoms with Gasteiger partial charge in [-0.25, -0.2) is 0 Å². The van der Waals surface area contributed by atoms with E-state index in [1.165, 1.54) is 11.1 Å². The molecule has 0 radical (unpaired) electrons. The second-order valence-corrected chi connectivity index (χ2v) is 7.08. The van der Waals surface area contributed by atoms with Crippen molar-refractivity contribution in [2.24, 2.45) is 4.99 Å². The van der Waals surface area contributed by atoms with E-state index >= 15 is 0 Å². The van der Waals surface area contributed by atoms with Crippen molar-refractivity contribution in [3.8, 4) is 0 Å². The lowest BCUT2D eigenvalue weighted by atomic mass is 9.88. The van der Waals surface area contributed by atoms with E-state index in [1.807, 2.05) is 20.8 Å². The summed E-state index contributed by atoms with van der Waals surface area (Å²) >= 11 is 0. The van der Waals surface area contributed by atoms with Gasteiger partial charge in [0.25, 0.3) is 0 Å². The fourth-order valence-electron chi connectivity index (χ4n) is 2.84. The van der Waals surface area contributed by atoms with Gasteiger partial charge < -0.3 is 16.0 Å². The predicted octanol–water partition coefficient (Wildman–Crippen LogP) is 2.24. The Balaban J connectivity index is 0.00000288. The fraction of sp³-hybridized carbons (Fsp3) is 0.556. The van der Waals surface area contributed by atoms with Gasteiger partial charge in [-0.2, -0.15) is 0 Å². The normalized spacial score (nSPS) is 17.3. The Morgan fingerprint density at radius 3 is 2.54 bits per heavy atom. The molecule has 0 aliphatic heterocycles. The number of fused-ring (bicyclic) bond motifs is 1. The maximum Gasteiger partial charge on any atom is 0.239 e. The number of guanidine groups is 1. The number of amides is 1. The Bertz CT molecular complexity index is 581. The van der Waals surface area contributed by atoms with Gasteiger partial charge in [0.15, 0.2) is 5.96 Å². The highest BCUT2D eigenvalue weighted by Gasteiger charge is 2.19. The molecule has 1 aliphatic rings. The molecule has 1 aliphatic carbocycles. The van der Waals surface area contributed by atoms with Gasteiger partial charge >= 0.3 is 0 Å². The van der Waals surface area contributed by atoms with Gasteiger partial charge in [-0.15, -0.1) is 24.0 Å². The van der Waals surface area contributed by atoms with Crippen molar-refractivity contribution in [2.75, 3.05) is 13.6 Å². The molecule has 1 unspecified atom stereocenters. The molecule has 0 saturated carbocycles. The molecular formula is C18H29IN4O. The summed E-state index contributed by atoms with van der Waals surface area (Å²) < 4.78 is 0. The number of carbonyl (C=O) groups is 1. The zero-order chi connectivity index (χ0) is 16.9. The topological polar surface area (TPSA) is 65.5 Å². The van der Waals surface area contributed by atoms with E-state index in [4.69, 9.17) is 0 Å². The zero-order valence-corrected chi connectivity index (χ0v) is 17.3. The van der Waals surface area contributed by atoms with Crippen LogP contribution in [0.3, 0.4) is 0 Å². The molecular weight excluding hydrogens is 415 g/mol. The molecule has 0 heterocycles. The Hall–Kier alpha value is -1.31. The molecule has 0 fully saturated rings. The quantitative estimate of drug-likeness (QED) is 0.381. The lowest BCUT2D eigenvalue weighted by Crippen LogP contribution is -2.50. The van der Waals surface area contributed by atoms with Crippen LogP contribution >= 0.6 is 24.0 Å². The van der Waals surface area contributed by atoms with Crippen LogP contribution in [0.1, 0.15) is 38.3 Å². The zero-order valence-electron chi connectivity index (χ0n) is 15.0. The summed E-state index contributed by atoms with van der Waals surface area (Å²) in [4.78, 5) is 16.1. The molecule has 1 atom stereocenters. The van der Waals surface area contributed by atoms with Gasteiger partial charge in [0.05, 0.1) is 6.54 Å². The molecule has 1 amide bonds. The fourth-order valence-corrected chi connectivity index (χ4v) is 2.84. The largest absolute Gasteiger partial charge is 0.353 e. The molecule has 6 heteroatoms. The van der Waals surface area contributed by atoms with E-state index in [1.54, 1.807) is 7.05 Å².